The van der Waals surface area contributed by atoms with Crippen molar-refractivity contribution >= 4 is 16.1 Å². The minimum absolute atomic E-state index is 0.201. The van der Waals surface area contributed by atoms with Gasteiger partial charge in [0.1, 0.15) is 0 Å². The average molecular weight is 258 g/mol. The third kappa shape index (κ3) is 2.97. The van der Waals surface area contributed by atoms with Crippen LogP contribution in [0.5, 0.6) is 0 Å². The summed E-state index contributed by atoms with van der Waals surface area (Å²) in [6, 6.07) is 0. The van der Waals surface area contributed by atoms with E-state index in [0.717, 1.165) is 0 Å². The molecular weight excluding hydrogens is 249 g/mol. The van der Waals surface area contributed by atoms with E-state index in [9.17, 15) is 26.4 Å². The standard InChI is InChI=1S/C8H9F3O4S/c9-8(10,11)16(13,14)15-7(12)6-4-2-1-3-5-6/h1-2,6H,3-5H2. The van der Waals surface area contributed by atoms with Gasteiger partial charge in [0, 0.05) is 0 Å². The van der Waals surface area contributed by atoms with Gasteiger partial charge in [0.2, 0.25) is 0 Å². The molecule has 1 atom stereocenters. The van der Waals surface area contributed by atoms with E-state index in [4.69, 9.17) is 0 Å². The topological polar surface area (TPSA) is 60.4 Å². The zero-order valence-corrected chi connectivity index (χ0v) is 8.85. The molecule has 1 aliphatic carbocycles. The number of carbonyl (C=O) groups is 1. The number of allylic oxidation sites excluding steroid dienone is 2. The molecule has 0 spiro atoms. The Bertz CT molecular complexity index is 396. The molecule has 0 saturated heterocycles. The van der Waals surface area contributed by atoms with Crippen molar-refractivity contribution in [2.24, 2.45) is 5.92 Å². The van der Waals surface area contributed by atoms with E-state index in [2.05, 4.69) is 4.18 Å². The lowest BCUT2D eigenvalue weighted by molar-refractivity contribution is -0.141. The van der Waals surface area contributed by atoms with Crippen LogP contribution in [-0.2, 0) is 19.1 Å². The minimum Gasteiger partial charge on any atom is -0.339 e. The predicted octanol–water partition coefficient (Wildman–Crippen LogP) is 1.74. The molecule has 0 radical (unpaired) electrons. The third-order valence-corrected chi connectivity index (χ3v) is 3.03. The van der Waals surface area contributed by atoms with Crippen LogP contribution in [0.4, 0.5) is 13.2 Å². The quantitative estimate of drug-likeness (QED) is 0.430. The zero-order chi connectivity index (χ0) is 12.4. The van der Waals surface area contributed by atoms with Gasteiger partial charge in [-0.05, 0) is 19.3 Å². The van der Waals surface area contributed by atoms with Gasteiger partial charge < -0.3 is 4.18 Å². The first-order valence-electron chi connectivity index (χ1n) is 4.43. The molecule has 0 N–H and O–H groups in total. The Morgan fingerprint density at radius 1 is 1.31 bits per heavy atom. The van der Waals surface area contributed by atoms with E-state index in [1.54, 1.807) is 12.2 Å². The van der Waals surface area contributed by atoms with Crippen molar-refractivity contribution < 1.29 is 30.6 Å². The van der Waals surface area contributed by atoms with Crippen molar-refractivity contribution in [3.8, 4) is 0 Å². The summed E-state index contributed by atoms with van der Waals surface area (Å²) in [6.07, 6.45) is 4.39. The SMILES string of the molecule is O=C(OS(=O)(=O)C(F)(F)F)C1CC=CCC1. The van der Waals surface area contributed by atoms with Crippen molar-refractivity contribution in [3.05, 3.63) is 12.2 Å². The Balaban J connectivity index is 2.68. The van der Waals surface area contributed by atoms with E-state index < -0.39 is 27.5 Å². The highest BCUT2D eigenvalue weighted by molar-refractivity contribution is 7.88. The summed E-state index contributed by atoms with van der Waals surface area (Å²) in [6.45, 7) is 0. The second-order valence-corrected chi connectivity index (χ2v) is 4.82. The number of carbonyl (C=O) groups excluding carboxylic acids is 1. The van der Waals surface area contributed by atoms with Crippen LogP contribution in [0.2, 0.25) is 0 Å². The molecule has 0 bridgehead atoms. The van der Waals surface area contributed by atoms with Crippen molar-refractivity contribution in [2.45, 2.75) is 24.8 Å². The monoisotopic (exact) mass is 258 g/mol. The van der Waals surface area contributed by atoms with Crippen LogP contribution < -0.4 is 0 Å². The maximum Gasteiger partial charge on any atom is 0.534 e. The molecule has 0 amide bonds. The molecule has 92 valence electrons. The molecule has 0 heterocycles. The van der Waals surface area contributed by atoms with E-state index in [0.29, 0.717) is 12.8 Å². The Kier molecular flexibility index (Phi) is 3.61. The summed E-state index contributed by atoms with van der Waals surface area (Å²) in [7, 11) is -5.82. The largest absolute Gasteiger partial charge is 0.534 e. The van der Waals surface area contributed by atoms with Crippen molar-refractivity contribution in [1.29, 1.82) is 0 Å². The van der Waals surface area contributed by atoms with Gasteiger partial charge in [-0.25, -0.2) is 0 Å². The van der Waals surface area contributed by atoms with Crippen LogP contribution in [0.1, 0.15) is 19.3 Å². The van der Waals surface area contributed by atoms with E-state index in [1.807, 2.05) is 0 Å². The van der Waals surface area contributed by atoms with Gasteiger partial charge in [0.15, 0.2) is 0 Å². The van der Waals surface area contributed by atoms with Gasteiger partial charge >= 0.3 is 21.6 Å². The summed E-state index contributed by atoms with van der Waals surface area (Å²) < 4.78 is 60.2. The first-order chi connectivity index (χ1) is 7.24. The fourth-order valence-corrected chi connectivity index (χ4v) is 1.68. The van der Waals surface area contributed by atoms with Gasteiger partial charge in [0.25, 0.3) is 0 Å². The normalized spacial score (nSPS) is 21.8. The van der Waals surface area contributed by atoms with E-state index in [1.165, 1.54) is 0 Å². The number of alkyl halides is 3. The summed E-state index contributed by atoms with van der Waals surface area (Å²) >= 11 is 0. The lowest BCUT2D eigenvalue weighted by Crippen LogP contribution is -2.31. The first kappa shape index (κ1) is 13.0. The predicted molar refractivity (Wildman–Crippen MR) is 47.5 cm³/mol. The van der Waals surface area contributed by atoms with Crippen LogP contribution in [0.3, 0.4) is 0 Å². The van der Waals surface area contributed by atoms with Gasteiger partial charge in [-0.15, -0.1) is 0 Å². The molecule has 0 aliphatic heterocycles. The second kappa shape index (κ2) is 4.44. The molecule has 1 rings (SSSR count). The Labute approximate surface area is 90.2 Å². The first-order valence-corrected chi connectivity index (χ1v) is 5.84. The van der Waals surface area contributed by atoms with Gasteiger partial charge in [0.05, 0.1) is 5.92 Å². The molecule has 0 aromatic carbocycles. The fourth-order valence-electron chi connectivity index (χ4n) is 1.23. The number of hydrogen-bond acceptors (Lipinski definition) is 4. The molecule has 0 fully saturated rings. The molecule has 1 aliphatic rings. The smallest absolute Gasteiger partial charge is 0.339 e. The number of hydrogen-bond donors (Lipinski definition) is 0. The molecule has 1 unspecified atom stereocenters. The van der Waals surface area contributed by atoms with Crippen molar-refractivity contribution in [2.75, 3.05) is 0 Å². The third-order valence-electron chi connectivity index (χ3n) is 2.08. The zero-order valence-electron chi connectivity index (χ0n) is 8.03. The maximum atomic E-state index is 11.9. The summed E-state index contributed by atoms with van der Waals surface area (Å²) in [4.78, 5) is 11.1. The van der Waals surface area contributed by atoms with Gasteiger partial charge in [-0.1, -0.05) is 12.2 Å². The van der Waals surface area contributed by atoms with E-state index >= 15 is 0 Å². The Hall–Kier alpha value is -1.05. The summed E-state index contributed by atoms with van der Waals surface area (Å²) in [5.74, 6) is -2.16. The molecule has 0 aromatic heterocycles. The summed E-state index contributed by atoms with van der Waals surface area (Å²) in [5.41, 5.74) is -5.56. The van der Waals surface area contributed by atoms with Crippen LogP contribution in [0.15, 0.2) is 12.2 Å². The maximum absolute atomic E-state index is 11.9. The molecule has 0 saturated carbocycles. The Morgan fingerprint density at radius 2 is 1.94 bits per heavy atom. The van der Waals surface area contributed by atoms with E-state index in [-0.39, 0.29) is 6.42 Å². The molecular formula is C8H9F3O4S. The Morgan fingerprint density at radius 3 is 2.38 bits per heavy atom. The van der Waals surface area contributed by atoms with Crippen molar-refractivity contribution in [3.63, 3.8) is 0 Å². The molecule has 16 heavy (non-hydrogen) atoms. The summed E-state index contributed by atoms with van der Waals surface area (Å²) in [5, 5.41) is 0. The minimum atomic E-state index is -5.82. The number of halogens is 3. The lowest BCUT2D eigenvalue weighted by atomic mass is 9.95. The molecule has 4 nitrogen and oxygen atoms in total. The highest BCUT2D eigenvalue weighted by Gasteiger charge is 2.50. The van der Waals surface area contributed by atoms with Crippen molar-refractivity contribution in [1.82, 2.24) is 0 Å². The lowest BCUT2D eigenvalue weighted by Gasteiger charge is -2.16. The van der Waals surface area contributed by atoms with Gasteiger partial charge in [-0.2, -0.15) is 21.6 Å². The van der Waals surface area contributed by atoms with Crippen LogP contribution in [-0.4, -0.2) is 19.9 Å². The van der Waals surface area contributed by atoms with Crippen LogP contribution in [0.25, 0.3) is 0 Å². The number of rotatable bonds is 2. The van der Waals surface area contributed by atoms with Gasteiger partial charge in [-0.3, -0.25) is 4.79 Å². The van der Waals surface area contributed by atoms with Crippen LogP contribution >= 0.6 is 0 Å². The average Bonchev–Trinajstić information content (AvgIpc) is 2.16. The van der Waals surface area contributed by atoms with Crippen LogP contribution in [0, 0.1) is 5.92 Å². The highest BCUT2D eigenvalue weighted by Crippen LogP contribution is 2.27. The fraction of sp³-hybridized carbons (Fsp3) is 0.625. The molecule has 8 heteroatoms. The molecule has 0 aromatic rings. The highest BCUT2D eigenvalue weighted by atomic mass is 32.2. The second-order valence-electron chi connectivity index (χ2n) is 3.28.